The number of benzene rings is 1. The van der Waals surface area contributed by atoms with Gasteiger partial charge >= 0.3 is 0 Å². The van der Waals surface area contributed by atoms with Gasteiger partial charge in [0.05, 0.1) is 5.38 Å². The van der Waals surface area contributed by atoms with Crippen LogP contribution in [0.4, 0.5) is 0 Å². The number of hydrogen-bond acceptors (Lipinski definition) is 1. The lowest BCUT2D eigenvalue weighted by atomic mass is 10.1. The fourth-order valence-electron chi connectivity index (χ4n) is 1.23. The highest BCUT2D eigenvalue weighted by Gasteiger charge is 2.10. The molecule has 0 heterocycles. The van der Waals surface area contributed by atoms with Crippen molar-refractivity contribution in [1.29, 1.82) is 0 Å². The van der Waals surface area contributed by atoms with E-state index in [1.54, 1.807) is 0 Å². The molecule has 1 N–H and O–H groups in total. The molecule has 2 heteroatoms. The minimum Gasteiger partial charge on any atom is -0.317 e. The first-order valence-corrected chi connectivity index (χ1v) is 5.04. The highest BCUT2D eigenvalue weighted by molar-refractivity contribution is 6.20. The maximum Gasteiger partial charge on any atom is 0.0599 e. The van der Waals surface area contributed by atoms with Crippen LogP contribution in [0.2, 0.25) is 0 Å². The number of nitrogens with one attached hydrogen (secondary N) is 1. The smallest absolute Gasteiger partial charge is 0.0599 e. The van der Waals surface area contributed by atoms with E-state index in [9.17, 15) is 0 Å². The zero-order valence-corrected chi connectivity index (χ0v) is 8.88. The van der Waals surface area contributed by atoms with Gasteiger partial charge < -0.3 is 5.32 Å². The van der Waals surface area contributed by atoms with Crippen molar-refractivity contribution in [2.75, 3.05) is 7.05 Å². The van der Waals surface area contributed by atoms with Crippen LogP contribution < -0.4 is 5.32 Å². The Kier molecular flexibility index (Phi) is 4.26. The maximum absolute atomic E-state index is 6.24. The van der Waals surface area contributed by atoms with Gasteiger partial charge in [-0.25, -0.2) is 0 Å². The van der Waals surface area contributed by atoms with Crippen molar-refractivity contribution < 1.29 is 0 Å². The molecule has 0 saturated carbocycles. The van der Waals surface area contributed by atoms with Crippen molar-refractivity contribution in [3.63, 3.8) is 0 Å². The predicted octanol–water partition coefficient (Wildman–Crippen LogP) is 2.96. The van der Waals surface area contributed by atoms with Crippen LogP contribution in [0.25, 0.3) is 0 Å². The van der Waals surface area contributed by atoms with Crippen LogP contribution in [0.15, 0.2) is 30.3 Å². The van der Waals surface area contributed by atoms with Gasteiger partial charge in [-0.1, -0.05) is 30.3 Å². The molecule has 0 amide bonds. The Hall–Kier alpha value is -0.530. The van der Waals surface area contributed by atoms with E-state index in [1.807, 2.05) is 25.2 Å². The summed E-state index contributed by atoms with van der Waals surface area (Å²) in [7, 11) is 1.96. The van der Waals surface area contributed by atoms with Crippen LogP contribution in [0.3, 0.4) is 0 Å². The zero-order valence-electron chi connectivity index (χ0n) is 8.13. The molecule has 0 fully saturated rings. The zero-order chi connectivity index (χ0) is 9.68. The normalized spacial score (nSPS) is 15.3. The van der Waals surface area contributed by atoms with Gasteiger partial charge in [-0.2, -0.15) is 0 Å². The fraction of sp³-hybridized carbons (Fsp3) is 0.455. The molecule has 0 spiro atoms. The summed E-state index contributed by atoms with van der Waals surface area (Å²) >= 11 is 6.24. The molecule has 0 radical (unpaired) electrons. The summed E-state index contributed by atoms with van der Waals surface area (Å²) in [5, 5.41) is 3.30. The minimum absolute atomic E-state index is 0.114. The van der Waals surface area contributed by atoms with E-state index < -0.39 is 0 Å². The molecule has 2 atom stereocenters. The number of alkyl halides is 1. The van der Waals surface area contributed by atoms with Crippen molar-refractivity contribution in [2.45, 2.75) is 24.8 Å². The second kappa shape index (κ2) is 5.25. The summed E-state index contributed by atoms with van der Waals surface area (Å²) in [5.74, 6) is 0. The van der Waals surface area contributed by atoms with Gasteiger partial charge in [-0.05, 0) is 26.0 Å². The largest absolute Gasteiger partial charge is 0.317 e. The van der Waals surface area contributed by atoms with Crippen LogP contribution in [0.1, 0.15) is 24.3 Å². The average molecular weight is 198 g/mol. The lowest BCUT2D eigenvalue weighted by Gasteiger charge is -2.14. The van der Waals surface area contributed by atoms with Crippen LogP contribution in [0, 0.1) is 0 Å². The number of rotatable bonds is 4. The Bertz CT molecular complexity index is 235. The molecule has 2 unspecified atom stereocenters. The van der Waals surface area contributed by atoms with Gasteiger partial charge in [0.25, 0.3) is 0 Å². The Morgan fingerprint density at radius 2 is 1.92 bits per heavy atom. The van der Waals surface area contributed by atoms with Gasteiger partial charge in [-0.15, -0.1) is 11.6 Å². The second-order valence-electron chi connectivity index (χ2n) is 3.30. The summed E-state index contributed by atoms with van der Waals surface area (Å²) < 4.78 is 0. The van der Waals surface area contributed by atoms with Gasteiger partial charge in [0.15, 0.2) is 0 Å². The third-order valence-electron chi connectivity index (χ3n) is 2.21. The van der Waals surface area contributed by atoms with Gasteiger partial charge in [0.1, 0.15) is 0 Å². The lowest BCUT2D eigenvalue weighted by molar-refractivity contribution is 0.556. The fourth-order valence-corrected chi connectivity index (χ4v) is 1.64. The topological polar surface area (TPSA) is 12.0 Å². The van der Waals surface area contributed by atoms with Crippen molar-refractivity contribution in [3.05, 3.63) is 35.9 Å². The van der Waals surface area contributed by atoms with E-state index in [1.165, 1.54) is 5.56 Å². The summed E-state index contributed by atoms with van der Waals surface area (Å²) in [6, 6.07) is 10.7. The Morgan fingerprint density at radius 3 is 2.46 bits per heavy atom. The predicted molar refractivity (Wildman–Crippen MR) is 58.2 cm³/mol. The first-order chi connectivity index (χ1) is 6.24. The SMILES string of the molecule is CNC(C)CC(Cl)c1ccccc1. The lowest BCUT2D eigenvalue weighted by Crippen LogP contribution is -2.22. The maximum atomic E-state index is 6.24. The standard InChI is InChI=1S/C11H16ClN/c1-9(13-2)8-11(12)10-6-4-3-5-7-10/h3-7,9,11,13H,8H2,1-2H3. The molecule has 0 saturated heterocycles. The summed E-state index contributed by atoms with van der Waals surface area (Å²) in [6.07, 6.45) is 0.960. The molecule has 0 aromatic heterocycles. The van der Waals surface area contributed by atoms with E-state index in [4.69, 9.17) is 11.6 Å². The quantitative estimate of drug-likeness (QED) is 0.732. The summed E-state index contributed by atoms with van der Waals surface area (Å²) in [6.45, 7) is 2.14. The molecular weight excluding hydrogens is 182 g/mol. The van der Waals surface area contributed by atoms with Crippen LogP contribution in [-0.2, 0) is 0 Å². The Balaban J connectivity index is 2.53. The first-order valence-electron chi connectivity index (χ1n) is 4.60. The monoisotopic (exact) mass is 197 g/mol. The molecule has 1 aromatic carbocycles. The van der Waals surface area contributed by atoms with Gasteiger partial charge in [0.2, 0.25) is 0 Å². The molecule has 0 bridgehead atoms. The van der Waals surface area contributed by atoms with Crippen molar-refractivity contribution in [1.82, 2.24) is 5.32 Å². The molecule has 0 aliphatic rings. The van der Waals surface area contributed by atoms with Crippen molar-refractivity contribution >= 4 is 11.6 Å². The van der Waals surface area contributed by atoms with Crippen molar-refractivity contribution in [2.24, 2.45) is 0 Å². The van der Waals surface area contributed by atoms with Gasteiger partial charge in [0, 0.05) is 6.04 Å². The van der Waals surface area contributed by atoms with Gasteiger partial charge in [-0.3, -0.25) is 0 Å². The van der Waals surface area contributed by atoms with E-state index in [0.29, 0.717) is 6.04 Å². The highest BCUT2D eigenvalue weighted by atomic mass is 35.5. The van der Waals surface area contributed by atoms with E-state index >= 15 is 0 Å². The second-order valence-corrected chi connectivity index (χ2v) is 3.83. The number of hydrogen-bond donors (Lipinski definition) is 1. The molecular formula is C11H16ClN. The third kappa shape index (κ3) is 3.37. The molecule has 1 rings (SSSR count). The Morgan fingerprint density at radius 1 is 1.31 bits per heavy atom. The number of halogens is 1. The Labute approximate surface area is 85.1 Å². The highest BCUT2D eigenvalue weighted by Crippen LogP contribution is 2.24. The first kappa shape index (κ1) is 10.6. The summed E-state index contributed by atoms with van der Waals surface area (Å²) in [5.41, 5.74) is 1.20. The molecule has 0 aliphatic carbocycles. The van der Waals surface area contributed by atoms with E-state index in [2.05, 4.69) is 24.4 Å². The average Bonchev–Trinajstić information content (AvgIpc) is 2.19. The summed E-state index contributed by atoms with van der Waals surface area (Å²) in [4.78, 5) is 0. The van der Waals surface area contributed by atoms with Crippen LogP contribution in [-0.4, -0.2) is 13.1 Å². The van der Waals surface area contributed by atoms with E-state index in [0.717, 1.165) is 6.42 Å². The van der Waals surface area contributed by atoms with Crippen LogP contribution >= 0.6 is 11.6 Å². The molecule has 13 heavy (non-hydrogen) atoms. The van der Waals surface area contributed by atoms with Crippen LogP contribution in [0.5, 0.6) is 0 Å². The molecule has 1 aromatic rings. The molecule has 72 valence electrons. The molecule has 0 aliphatic heterocycles. The van der Waals surface area contributed by atoms with E-state index in [-0.39, 0.29) is 5.38 Å². The third-order valence-corrected chi connectivity index (χ3v) is 2.64. The molecule has 1 nitrogen and oxygen atoms in total. The minimum atomic E-state index is 0.114. The van der Waals surface area contributed by atoms with Crippen molar-refractivity contribution in [3.8, 4) is 0 Å².